The highest BCUT2D eigenvalue weighted by molar-refractivity contribution is 6.12. The lowest BCUT2D eigenvalue weighted by Crippen LogP contribution is -2.10. The van der Waals surface area contributed by atoms with Gasteiger partial charge in [0.15, 0.2) is 0 Å². The van der Waals surface area contributed by atoms with Crippen molar-refractivity contribution in [1.82, 2.24) is 9.55 Å². The summed E-state index contributed by atoms with van der Waals surface area (Å²) in [6.45, 7) is 0. The maximum absolute atomic E-state index is 6.25. The number of aromatic nitrogens is 2. The first-order valence-corrected chi connectivity index (χ1v) is 18.9. The Bertz CT molecular complexity index is 3330. The molecule has 56 heavy (non-hydrogen) atoms. The molecule has 0 aliphatic heterocycles. The maximum Gasteiger partial charge on any atom is 0.145 e. The highest BCUT2D eigenvalue weighted by Crippen LogP contribution is 2.41. The summed E-state index contributed by atoms with van der Waals surface area (Å²) < 4.78 is 14.7. The normalized spacial score (nSPS) is 11.9. The van der Waals surface area contributed by atoms with Crippen LogP contribution in [-0.4, -0.2) is 9.55 Å². The monoisotopic (exact) mass is 717 g/mol. The van der Waals surface area contributed by atoms with Crippen molar-refractivity contribution < 1.29 is 8.83 Å². The highest BCUT2D eigenvalue weighted by atomic mass is 16.3. The number of furan rings is 2. The molecule has 262 valence electrons. The largest absolute Gasteiger partial charge is 0.456 e. The van der Waals surface area contributed by atoms with Crippen LogP contribution in [0.5, 0.6) is 0 Å². The predicted octanol–water partition coefficient (Wildman–Crippen LogP) is 14.3. The Morgan fingerprint density at radius 1 is 0.393 bits per heavy atom. The van der Waals surface area contributed by atoms with Gasteiger partial charge in [-0.1, -0.05) is 78.9 Å². The van der Waals surface area contributed by atoms with Gasteiger partial charge in [-0.05, 0) is 131 Å². The van der Waals surface area contributed by atoms with Crippen LogP contribution in [0.1, 0.15) is 0 Å². The Morgan fingerprint density at radius 3 is 1.55 bits per heavy atom. The molecule has 0 saturated carbocycles. The van der Waals surface area contributed by atoms with E-state index in [9.17, 15) is 0 Å². The molecule has 3 heterocycles. The number of para-hydroxylation sites is 5. The zero-order valence-corrected chi connectivity index (χ0v) is 30.1. The lowest BCUT2D eigenvalue weighted by molar-refractivity contribution is 0.669. The van der Waals surface area contributed by atoms with E-state index in [0.29, 0.717) is 0 Å². The van der Waals surface area contributed by atoms with Crippen LogP contribution >= 0.6 is 0 Å². The minimum absolute atomic E-state index is 0.896. The van der Waals surface area contributed by atoms with E-state index in [1.807, 2.05) is 36.4 Å². The van der Waals surface area contributed by atoms with Crippen molar-refractivity contribution in [3.8, 4) is 17.1 Å². The minimum atomic E-state index is 0.896. The lowest BCUT2D eigenvalue weighted by Gasteiger charge is -2.26. The maximum atomic E-state index is 6.25. The van der Waals surface area contributed by atoms with E-state index in [4.69, 9.17) is 13.8 Å². The number of benzene rings is 9. The second kappa shape index (κ2) is 11.9. The van der Waals surface area contributed by atoms with Gasteiger partial charge in [0.25, 0.3) is 0 Å². The fourth-order valence-electron chi connectivity index (χ4n) is 8.45. The number of imidazole rings is 1. The molecule has 0 unspecified atom stereocenters. The van der Waals surface area contributed by atoms with Crippen molar-refractivity contribution >= 4 is 93.5 Å². The van der Waals surface area contributed by atoms with Crippen LogP contribution in [0.15, 0.2) is 197 Å². The Hall–Kier alpha value is -7.63. The van der Waals surface area contributed by atoms with Crippen molar-refractivity contribution in [3.05, 3.63) is 188 Å². The average molecular weight is 718 g/mol. The summed E-state index contributed by atoms with van der Waals surface area (Å²) in [7, 11) is 0. The van der Waals surface area contributed by atoms with E-state index in [1.165, 1.54) is 0 Å². The molecule has 0 fully saturated rings. The fourth-order valence-corrected chi connectivity index (χ4v) is 8.45. The smallest absolute Gasteiger partial charge is 0.145 e. The molecule has 5 nitrogen and oxygen atoms in total. The van der Waals surface area contributed by atoms with Gasteiger partial charge in [-0.3, -0.25) is 4.57 Å². The van der Waals surface area contributed by atoms with Crippen LogP contribution in [0.2, 0.25) is 0 Å². The summed E-state index contributed by atoms with van der Waals surface area (Å²) in [6, 6.07) is 66.3. The van der Waals surface area contributed by atoms with Gasteiger partial charge in [-0.25, -0.2) is 4.98 Å². The van der Waals surface area contributed by atoms with Gasteiger partial charge >= 0.3 is 0 Å². The second-order valence-corrected chi connectivity index (χ2v) is 14.4. The van der Waals surface area contributed by atoms with Crippen molar-refractivity contribution in [3.63, 3.8) is 0 Å². The molecule has 0 atom stereocenters. The first kappa shape index (κ1) is 30.8. The van der Waals surface area contributed by atoms with Gasteiger partial charge in [-0.15, -0.1) is 0 Å². The summed E-state index contributed by atoms with van der Waals surface area (Å²) in [5, 5.41) is 9.02. The zero-order chi connectivity index (χ0) is 36.7. The minimum Gasteiger partial charge on any atom is -0.456 e. The Balaban J connectivity index is 1.04. The number of hydrogen-bond donors (Lipinski definition) is 0. The first-order chi connectivity index (χ1) is 27.7. The summed E-state index contributed by atoms with van der Waals surface area (Å²) in [5.74, 6) is 0.902. The molecule has 12 aromatic rings. The Morgan fingerprint density at radius 2 is 0.929 bits per heavy atom. The molecule has 0 aliphatic carbocycles. The van der Waals surface area contributed by atoms with Crippen LogP contribution in [0.3, 0.4) is 0 Å². The van der Waals surface area contributed by atoms with Gasteiger partial charge in [0, 0.05) is 49.9 Å². The average Bonchev–Trinajstić information content (AvgIpc) is 3.93. The fraction of sp³-hybridized carbons (Fsp3) is 0. The molecule has 0 radical (unpaired) electrons. The second-order valence-electron chi connectivity index (χ2n) is 14.4. The van der Waals surface area contributed by atoms with Crippen LogP contribution in [0, 0.1) is 0 Å². The number of rotatable bonds is 5. The third-order valence-electron chi connectivity index (χ3n) is 11.1. The van der Waals surface area contributed by atoms with Crippen LogP contribution < -0.4 is 4.90 Å². The summed E-state index contributed by atoms with van der Waals surface area (Å²) in [5.41, 5.74) is 10.9. The molecule has 0 bridgehead atoms. The molecule has 0 N–H and O–H groups in total. The summed E-state index contributed by atoms with van der Waals surface area (Å²) in [4.78, 5) is 7.48. The molecule has 5 heteroatoms. The molecule has 0 amide bonds. The van der Waals surface area contributed by atoms with Crippen molar-refractivity contribution in [2.75, 3.05) is 4.90 Å². The van der Waals surface area contributed by atoms with Gasteiger partial charge < -0.3 is 13.7 Å². The van der Waals surface area contributed by atoms with Crippen LogP contribution in [0.4, 0.5) is 17.1 Å². The van der Waals surface area contributed by atoms with Crippen LogP contribution in [0.25, 0.3) is 93.5 Å². The van der Waals surface area contributed by atoms with Gasteiger partial charge in [0.2, 0.25) is 0 Å². The van der Waals surface area contributed by atoms with E-state index in [0.717, 1.165) is 111 Å². The van der Waals surface area contributed by atoms with E-state index in [2.05, 4.69) is 161 Å². The van der Waals surface area contributed by atoms with Crippen molar-refractivity contribution in [2.45, 2.75) is 0 Å². The molecule has 0 aliphatic rings. The molecule has 9 aromatic carbocycles. The molecular weight excluding hydrogens is 687 g/mol. The lowest BCUT2D eigenvalue weighted by atomic mass is 10.0. The molecule has 3 aromatic heterocycles. The van der Waals surface area contributed by atoms with Gasteiger partial charge in [-0.2, -0.15) is 0 Å². The zero-order valence-electron chi connectivity index (χ0n) is 30.1. The van der Waals surface area contributed by atoms with Gasteiger partial charge in [0.05, 0.1) is 11.0 Å². The van der Waals surface area contributed by atoms with Crippen molar-refractivity contribution in [1.29, 1.82) is 0 Å². The van der Waals surface area contributed by atoms with E-state index in [-0.39, 0.29) is 0 Å². The molecule has 0 spiro atoms. The highest BCUT2D eigenvalue weighted by Gasteiger charge is 2.19. The number of hydrogen-bond acceptors (Lipinski definition) is 4. The number of fused-ring (bicyclic) bond motifs is 9. The van der Waals surface area contributed by atoms with E-state index < -0.39 is 0 Å². The summed E-state index contributed by atoms with van der Waals surface area (Å²) in [6.07, 6.45) is 0. The quantitative estimate of drug-likeness (QED) is 0.178. The topological polar surface area (TPSA) is 47.3 Å². The SMILES string of the molecule is c1ccc(-n2c(-c3ccc(N(c4ccc5cc6oc7ccccc7c6cc5c4)c4ccc5cc6oc7ccccc7c6cc5c4)cc3)nc3ccccc32)cc1. The van der Waals surface area contributed by atoms with E-state index >= 15 is 0 Å². The predicted molar refractivity (Wildman–Crippen MR) is 231 cm³/mol. The number of anilines is 3. The first-order valence-electron chi connectivity index (χ1n) is 18.9. The van der Waals surface area contributed by atoms with Gasteiger partial charge in [0.1, 0.15) is 28.2 Å². The molecule has 0 saturated heterocycles. The van der Waals surface area contributed by atoms with Crippen LogP contribution in [-0.2, 0) is 0 Å². The van der Waals surface area contributed by atoms with E-state index in [1.54, 1.807) is 0 Å². The Kier molecular flexibility index (Phi) is 6.56. The third-order valence-corrected chi connectivity index (χ3v) is 11.1. The molecular formula is C51H31N3O2. The Labute approximate surface area is 320 Å². The standard InChI is InChI=1S/C51H31N3O2/c1-2-10-37(11-3-1)54-46-15-7-6-14-45(46)52-51(54)32-18-22-38(23-19-32)53(39-24-20-33-30-49-43(28-35(33)26-39)41-12-4-8-16-47(41)55-49)40-25-21-34-31-50-44(29-36(34)27-40)42-13-5-9-17-48(42)56-50/h1-31H. The number of nitrogens with zero attached hydrogens (tertiary/aromatic N) is 3. The summed E-state index contributed by atoms with van der Waals surface area (Å²) >= 11 is 0. The molecule has 12 rings (SSSR count). The third kappa shape index (κ3) is 4.78. The van der Waals surface area contributed by atoms with Crippen molar-refractivity contribution in [2.24, 2.45) is 0 Å².